The summed E-state index contributed by atoms with van der Waals surface area (Å²) in [5.41, 5.74) is 0. The highest BCUT2D eigenvalue weighted by Crippen LogP contribution is 2.35. The van der Waals surface area contributed by atoms with E-state index in [1.165, 1.54) is 18.6 Å². The molecule has 2 saturated heterocycles. The third kappa shape index (κ3) is 2.23. The molecule has 4 heteroatoms. The van der Waals surface area contributed by atoms with E-state index < -0.39 is 5.97 Å². The molecule has 2 fully saturated rings. The van der Waals surface area contributed by atoms with Crippen LogP contribution in [0.5, 0.6) is 0 Å². The number of nitrogens with zero attached hydrogens (tertiary/aromatic N) is 1. The molecule has 4 atom stereocenters. The molecule has 0 aromatic rings. The molecule has 0 radical (unpaired) electrons. The van der Waals surface area contributed by atoms with Crippen LogP contribution in [0.15, 0.2) is 0 Å². The van der Waals surface area contributed by atoms with E-state index in [1.807, 2.05) is 11.8 Å². The van der Waals surface area contributed by atoms with Crippen LogP contribution in [0.4, 0.5) is 0 Å². The largest absolute Gasteiger partial charge is 0.481 e. The van der Waals surface area contributed by atoms with Crippen molar-refractivity contribution >= 4 is 17.7 Å². The van der Waals surface area contributed by atoms with Gasteiger partial charge in [-0.15, -0.1) is 0 Å². The third-order valence-corrected chi connectivity index (χ3v) is 5.48. The Morgan fingerprint density at radius 2 is 2.12 bits per heavy atom. The Balaban J connectivity index is 2.02. The standard InChI is InChI=1S/C12H21NO2S/c1-8-10(12(14)15)5-6-13(8)11-4-3-7-16-9(11)2/h8-11H,3-7H2,1-2H3,(H,14,15). The van der Waals surface area contributed by atoms with Gasteiger partial charge < -0.3 is 5.11 Å². The van der Waals surface area contributed by atoms with Crippen molar-refractivity contribution in [2.75, 3.05) is 12.3 Å². The second-order valence-corrected chi connectivity index (χ2v) is 6.48. The molecule has 92 valence electrons. The molecule has 4 unspecified atom stereocenters. The number of likely N-dealkylation sites (tertiary alicyclic amines) is 1. The number of hydrogen-bond donors (Lipinski definition) is 1. The molecule has 2 heterocycles. The van der Waals surface area contributed by atoms with Gasteiger partial charge in [0.25, 0.3) is 0 Å². The summed E-state index contributed by atoms with van der Waals surface area (Å²) in [6.45, 7) is 5.33. The lowest BCUT2D eigenvalue weighted by Gasteiger charge is -2.38. The smallest absolute Gasteiger partial charge is 0.308 e. The Labute approximate surface area is 102 Å². The highest BCUT2D eigenvalue weighted by molar-refractivity contribution is 7.99. The Kier molecular flexibility index (Phi) is 3.80. The molecular formula is C12H21NO2S. The van der Waals surface area contributed by atoms with Crippen molar-refractivity contribution < 1.29 is 9.90 Å². The SMILES string of the molecule is CC1SCCCC1N1CCC(C(=O)O)C1C. The van der Waals surface area contributed by atoms with Crippen LogP contribution in [0.25, 0.3) is 0 Å². The number of thioether (sulfide) groups is 1. The van der Waals surface area contributed by atoms with Crippen LogP contribution in [-0.4, -0.2) is 45.6 Å². The second kappa shape index (κ2) is 4.96. The van der Waals surface area contributed by atoms with Crippen molar-refractivity contribution in [1.29, 1.82) is 0 Å². The number of carboxylic acids is 1. The normalized spacial score (nSPS) is 41.1. The van der Waals surface area contributed by atoms with Gasteiger partial charge in [0.05, 0.1) is 5.92 Å². The maximum absolute atomic E-state index is 11.1. The van der Waals surface area contributed by atoms with Gasteiger partial charge in [-0.1, -0.05) is 6.92 Å². The van der Waals surface area contributed by atoms with Crippen LogP contribution in [0.3, 0.4) is 0 Å². The highest BCUT2D eigenvalue weighted by Gasteiger charge is 2.40. The van der Waals surface area contributed by atoms with E-state index in [-0.39, 0.29) is 12.0 Å². The first kappa shape index (κ1) is 12.2. The van der Waals surface area contributed by atoms with Gasteiger partial charge in [0.15, 0.2) is 0 Å². The zero-order valence-electron chi connectivity index (χ0n) is 10.1. The average Bonchev–Trinajstić information content (AvgIpc) is 2.61. The number of carbonyl (C=O) groups is 1. The maximum atomic E-state index is 11.1. The minimum absolute atomic E-state index is 0.154. The van der Waals surface area contributed by atoms with E-state index >= 15 is 0 Å². The maximum Gasteiger partial charge on any atom is 0.308 e. The van der Waals surface area contributed by atoms with E-state index in [1.54, 1.807) is 0 Å². The predicted molar refractivity (Wildman–Crippen MR) is 66.9 cm³/mol. The Hall–Kier alpha value is -0.220. The fraction of sp³-hybridized carbons (Fsp3) is 0.917. The van der Waals surface area contributed by atoms with Crippen LogP contribution in [0.2, 0.25) is 0 Å². The molecule has 0 bridgehead atoms. The molecule has 0 amide bonds. The van der Waals surface area contributed by atoms with E-state index in [4.69, 9.17) is 5.11 Å². The molecule has 3 nitrogen and oxygen atoms in total. The third-order valence-electron chi connectivity index (χ3n) is 4.11. The molecule has 2 aliphatic heterocycles. The van der Waals surface area contributed by atoms with Gasteiger partial charge in [0.1, 0.15) is 0 Å². The lowest BCUT2D eigenvalue weighted by atomic mass is 10.0. The Bertz CT molecular complexity index is 272. The summed E-state index contributed by atoms with van der Waals surface area (Å²) in [5, 5.41) is 9.79. The molecule has 0 spiro atoms. The Morgan fingerprint density at radius 3 is 2.69 bits per heavy atom. The van der Waals surface area contributed by atoms with Gasteiger partial charge in [0, 0.05) is 17.3 Å². The van der Waals surface area contributed by atoms with Crippen LogP contribution in [0.1, 0.15) is 33.1 Å². The summed E-state index contributed by atoms with van der Waals surface area (Å²) in [6.07, 6.45) is 3.34. The zero-order valence-corrected chi connectivity index (χ0v) is 10.9. The Morgan fingerprint density at radius 1 is 1.38 bits per heavy atom. The van der Waals surface area contributed by atoms with Gasteiger partial charge in [-0.3, -0.25) is 9.69 Å². The number of rotatable bonds is 2. The fourth-order valence-electron chi connectivity index (χ4n) is 3.10. The number of hydrogen-bond acceptors (Lipinski definition) is 3. The first-order chi connectivity index (χ1) is 7.61. The summed E-state index contributed by atoms with van der Waals surface area (Å²) in [4.78, 5) is 13.5. The highest BCUT2D eigenvalue weighted by atomic mass is 32.2. The summed E-state index contributed by atoms with van der Waals surface area (Å²) in [7, 11) is 0. The summed E-state index contributed by atoms with van der Waals surface area (Å²) in [5.74, 6) is 0.493. The van der Waals surface area contributed by atoms with Crippen LogP contribution < -0.4 is 0 Å². The zero-order chi connectivity index (χ0) is 11.7. The van der Waals surface area contributed by atoms with E-state index in [9.17, 15) is 4.79 Å². The van der Waals surface area contributed by atoms with Gasteiger partial charge in [-0.05, 0) is 38.5 Å². The van der Waals surface area contributed by atoms with Crippen molar-refractivity contribution in [3.05, 3.63) is 0 Å². The average molecular weight is 243 g/mol. The molecule has 2 rings (SSSR count). The van der Waals surface area contributed by atoms with E-state index in [0.717, 1.165) is 13.0 Å². The molecular weight excluding hydrogens is 222 g/mol. The molecule has 0 aromatic heterocycles. The fourth-order valence-corrected chi connectivity index (χ4v) is 4.32. The summed E-state index contributed by atoms with van der Waals surface area (Å²) in [6, 6.07) is 0.807. The lowest BCUT2D eigenvalue weighted by Crippen LogP contribution is -2.46. The van der Waals surface area contributed by atoms with Crippen molar-refractivity contribution in [2.24, 2.45) is 5.92 Å². The first-order valence-electron chi connectivity index (χ1n) is 6.21. The minimum atomic E-state index is -0.619. The summed E-state index contributed by atoms with van der Waals surface area (Å²) < 4.78 is 0. The number of aliphatic carboxylic acids is 1. The predicted octanol–water partition coefficient (Wildman–Crippen LogP) is 2.07. The summed E-state index contributed by atoms with van der Waals surface area (Å²) >= 11 is 2.04. The molecule has 0 aromatic carbocycles. The number of carboxylic acid groups (broad SMARTS) is 1. The van der Waals surface area contributed by atoms with E-state index in [2.05, 4.69) is 18.7 Å². The molecule has 16 heavy (non-hydrogen) atoms. The first-order valence-corrected chi connectivity index (χ1v) is 7.26. The van der Waals surface area contributed by atoms with Crippen molar-refractivity contribution in [3.63, 3.8) is 0 Å². The van der Waals surface area contributed by atoms with Gasteiger partial charge in [0.2, 0.25) is 0 Å². The van der Waals surface area contributed by atoms with Gasteiger partial charge in [-0.2, -0.15) is 11.8 Å². The van der Waals surface area contributed by atoms with Gasteiger partial charge >= 0.3 is 5.97 Å². The minimum Gasteiger partial charge on any atom is -0.481 e. The van der Waals surface area contributed by atoms with Crippen LogP contribution in [-0.2, 0) is 4.79 Å². The van der Waals surface area contributed by atoms with Crippen LogP contribution >= 0.6 is 11.8 Å². The van der Waals surface area contributed by atoms with Crippen LogP contribution in [0, 0.1) is 5.92 Å². The molecule has 0 saturated carbocycles. The van der Waals surface area contributed by atoms with Crippen molar-refractivity contribution in [3.8, 4) is 0 Å². The van der Waals surface area contributed by atoms with E-state index in [0.29, 0.717) is 11.3 Å². The monoisotopic (exact) mass is 243 g/mol. The van der Waals surface area contributed by atoms with Gasteiger partial charge in [-0.25, -0.2) is 0 Å². The quantitative estimate of drug-likeness (QED) is 0.806. The van der Waals surface area contributed by atoms with Crippen molar-refractivity contribution in [1.82, 2.24) is 4.90 Å². The molecule has 2 aliphatic rings. The second-order valence-electron chi connectivity index (χ2n) is 5.00. The lowest BCUT2D eigenvalue weighted by molar-refractivity contribution is -0.142. The molecule has 0 aliphatic carbocycles. The van der Waals surface area contributed by atoms with Crippen molar-refractivity contribution in [2.45, 2.75) is 50.4 Å². The molecule has 1 N–H and O–H groups in total. The topological polar surface area (TPSA) is 40.5 Å².